The predicted octanol–water partition coefficient (Wildman–Crippen LogP) is 6.09. The molecule has 1 unspecified atom stereocenters. The molecular formula is C21H20ClNO. The van der Waals surface area contributed by atoms with Crippen molar-refractivity contribution >= 4 is 17.3 Å². The number of halogens is 1. The highest BCUT2D eigenvalue weighted by molar-refractivity contribution is 6.33. The minimum atomic E-state index is 0.160. The van der Waals surface area contributed by atoms with Crippen LogP contribution in [0.15, 0.2) is 78.9 Å². The summed E-state index contributed by atoms with van der Waals surface area (Å²) in [6, 6.07) is 26.3. The van der Waals surface area contributed by atoms with Crippen molar-refractivity contribution in [3.63, 3.8) is 0 Å². The molecule has 0 fully saturated rings. The van der Waals surface area contributed by atoms with Crippen LogP contribution < -0.4 is 10.1 Å². The third kappa shape index (κ3) is 4.30. The monoisotopic (exact) mass is 337 g/mol. The van der Waals surface area contributed by atoms with Gasteiger partial charge in [0.1, 0.15) is 12.4 Å². The summed E-state index contributed by atoms with van der Waals surface area (Å²) >= 11 is 6.20. The maximum absolute atomic E-state index is 6.20. The molecule has 0 spiro atoms. The molecule has 1 N–H and O–H groups in total. The molecule has 0 amide bonds. The van der Waals surface area contributed by atoms with Crippen LogP contribution in [0.5, 0.6) is 5.75 Å². The molecule has 0 aliphatic carbocycles. The van der Waals surface area contributed by atoms with Crippen LogP contribution >= 0.6 is 11.6 Å². The van der Waals surface area contributed by atoms with E-state index < -0.39 is 0 Å². The highest BCUT2D eigenvalue weighted by Crippen LogP contribution is 2.26. The van der Waals surface area contributed by atoms with E-state index in [1.807, 2.05) is 54.6 Å². The van der Waals surface area contributed by atoms with Crippen LogP contribution in [0.4, 0.5) is 5.69 Å². The standard InChI is InChI=1S/C21H20ClNO/c1-16(23-21-10-6-5-9-20(21)22)18-11-13-19(14-12-18)24-15-17-7-3-2-4-8-17/h2-14,16,23H,15H2,1H3. The molecule has 0 saturated heterocycles. The van der Waals surface area contributed by atoms with E-state index in [0.717, 1.165) is 22.0 Å². The molecule has 3 aromatic rings. The minimum absolute atomic E-state index is 0.160. The van der Waals surface area contributed by atoms with Crippen LogP contribution in [0, 0.1) is 0 Å². The van der Waals surface area contributed by atoms with Gasteiger partial charge in [-0.2, -0.15) is 0 Å². The van der Waals surface area contributed by atoms with Crippen molar-refractivity contribution in [2.45, 2.75) is 19.6 Å². The van der Waals surface area contributed by atoms with Crippen molar-refractivity contribution in [2.24, 2.45) is 0 Å². The molecule has 24 heavy (non-hydrogen) atoms. The molecule has 0 aliphatic heterocycles. The Balaban J connectivity index is 1.60. The summed E-state index contributed by atoms with van der Waals surface area (Å²) in [4.78, 5) is 0. The number of hydrogen-bond donors (Lipinski definition) is 1. The largest absolute Gasteiger partial charge is 0.489 e. The lowest BCUT2D eigenvalue weighted by atomic mass is 10.1. The van der Waals surface area contributed by atoms with E-state index in [1.54, 1.807) is 0 Å². The molecule has 1 atom stereocenters. The molecule has 0 aromatic heterocycles. The molecule has 2 nitrogen and oxygen atoms in total. The number of nitrogens with one attached hydrogen (secondary N) is 1. The summed E-state index contributed by atoms with van der Waals surface area (Å²) in [5.74, 6) is 0.868. The molecule has 0 radical (unpaired) electrons. The Morgan fingerprint density at radius 3 is 2.25 bits per heavy atom. The SMILES string of the molecule is CC(Nc1ccccc1Cl)c1ccc(OCc2ccccc2)cc1. The van der Waals surface area contributed by atoms with E-state index in [1.165, 1.54) is 5.56 Å². The lowest BCUT2D eigenvalue weighted by Gasteiger charge is -2.17. The second kappa shape index (κ2) is 7.89. The first-order valence-electron chi connectivity index (χ1n) is 8.00. The molecule has 0 bridgehead atoms. The van der Waals surface area contributed by atoms with Crippen LogP contribution in [-0.2, 0) is 6.61 Å². The summed E-state index contributed by atoms with van der Waals surface area (Å²) < 4.78 is 5.82. The van der Waals surface area contributed by atoms with Crippen LogP contribution in [-0.4, -0.2) is 0 Å². The second-order valence-corrected chi connectivity index (χ2v) is 6.10. The van der Waals surface area contributed by atoms with Crippen LogP contribution in [0.25, 0.3) is 0 Å². The van der Waals surface area contributed by atoms with Gasteiger partial charge in [-0.05, 0) is 42.3 Å². The molecule has 0 heterocycles. The molecule has 3 aromatic carbocycles. The third-order valence-electron chi connectivity index (χ3n) is 3.87. The Kier molecular flexibility index (Phi) is 5.39. The Morgan fingerprint density at radius 2 is 1.54 bits per heavy atom. The maximum atomic E-state index is 6.20. The van der Waals surface area contributed by atoms with Crippen molar-refractivity contribution in [2.75, 3.05) is 5.32 Å². The van der Waals surface area contributed by atoms with Gasteiger partial charge in [0.15, 0.2) is 0 Å². The van der Waals surface area contributed by atoms with Gasteiger partial charge < -0.3 is 10.1 Å². The summed E-state index contributed by atoms with van der Waals surface area (Å²) in [7, 11) is 0. The summed E-state index contributed by atoms with van der Waals surface area (Å²) in [5, 5.41) is 4.16. The van der Waals surface area contributed by atoms with Gasteiger partial charge in [-0.25, -0.2) is 0 Å². The van der Waals surface area contributed by atoms with E-state index in [0.29, 0.717) is 6.61 Å². The predicted molar refractivity (Wildman–Crippen MR) is 101 cm³/mol. The second-order valence-electron chi connectivity index (χ2n) is 5.69. The molecule has 3 heteroatoms. The normalized spacial score (nSPS) is 11.8. The van der Waals surface area contributed by atoms with Gasteiger partial charge in [-0.15, -0.1) is 0 Å². The van der Waals surface area contributed by atoms with E-state index in [4.69, 9.17) is 16.3 Å². The van der Waals surface area contributed by atoms with Gasteiger partial charge in [-0.1, -0.05) is 66.2 Å². The van der Waals surface area contributed by atoms with E-state index in [-0.39, 0.29) is 6.04 Å². The average molecular weight is 338 g/mol. The van der Waals surface area contributed by atoms with E-state index in [9.17, 15) is 0 Å². The Morgan fingerprint density at radius 1 is 0.875 bits per heavy atom. The van der Waals surface area contributed by atoms with Crippen LogP contribution in [0.3, 0.4) is 0 Å². The van der Waals surface area contributed by atoms with Gasteiger partial charge >= 0.3 is 0 Å². The number of ether oxygens (including phenoxy) is 1. The Bertz CT molecular complexity index is 771. The van der Waals surface area contributed by atoms with Crippen LogP contribution in [0.2, 0.25) is 5.02 Å². The lowest BCUT2D eigenvalue weighted by Crippen LogP contribution is -2.06. The zero-order valence-corrected chi connectivity index (χ0v) is 14.3. The Hall–Kier alpha value is -2.45. The number of rotatable bonds is 6. The minimum Gasteiger partial charge on any atom is -0.489 e. The summed E-state index contributed by atoms with van der Waals surface area (Å²) in [5.41, 5.74) is 3.29. The van der Waals surface area contributed by atoms with Gasteiger partial charge in [0.2, 0.25) is 0 Å². The number of hydrogen-bond acceptors (Lipinski definition) is 2. The van der Waals surface area contributed by atoms with Gasteiger partial charge in [0, 0.05) is 6.04 Å². The van der Waals surface area contributed by atoms with Crippen LogP contribution in [0.1, 0.15) is 24.1 Å². The molecule has 3 rings (SSSR count). The molecule has 122 valence electrons. The highest BCUT2D eigenvalue weighted by atomic mass is 35.5. The third-order valence-corrected chi connectivity index (χ3v) is 4.20. The van der Waals surface area contributed by atoms with Crippen molar-refractivity contribution in [1.82, 2.24) is 0 Å². The number of anilines is 1. The van der Waals surface area contributed by atoms with Crippen molar-refractivity contribution in [3.05, 3.63) is 95.0 Å². The topological polar surface area (TPSA) is 21.3 Å². The first-order chi connectivity index (χ1) is 11.7. The first kappa shape index (κ1) is 16.4. The quantitative estimate of drug-likeness (QED) is 0.587. The van der Waals surface area contributed by atoms with Crippen molar-refractivity contribution in [3.8, 4) is 5.75 Å². The zero-order valence-electron chi connectivity index (χ0n) is 13.6. The molecule has 0 saturated carbocycles. The highest BCUT2D eigenvalue weighted by Gasteiger charge is 2.07. The first-order valence-corrected chi connectivity index (χ1v) is 8.38. The zero-order chi connectivity index (χ0) is 16.8. The number of para-hydroxylation sites is 1. The smallest absolute Gasteiger partial charge is 0.119 e. The Labute approximate surface area is 148 Å². The number of benzene rings is 3. The maximum Gasteiger partial charge on any atom is 0.119 e. The van der Waals surface area contributed by atoms with Crippen molar-refractivity contribution < 1.29 is 4.74 Å². The van der Waals surface area contributed by atoms with Crippen molar-refractivity contribution in [1.29, 1.82) is 0 Å². The molecule has 0 aliphatic rings. The fourth-order valence-electron chi connectivity index (χ4n) is 2.49. The fraction of sp³-hybridized carbons (Fsp3) is 0.143. The fourth-order valence-corrected chi connectivity index (χ4v) is 2.68. The lowest BCUT2D eigenvalue weighted by molar-refractivity contribution is 0.306. The summed E-state index contributed by atoms with van der Waals surface area (Å²) in [6.45, 7) is 2.69. The van der Waals surface area contributed by atoms with E-state index >= 15 is 0 Å². The van der Waals surface area contributed by atoms with Gasteiger partial charge in [0.25, 0.3) is 0 Å². The average Bonchev–Trinajstić information content (AvgIpc) is 2.63. The summed E-state index contributed by atoms with van der Waals surface area (Å²) in [6.07, 6.45) is 0. The van der Waals surface area contributed by atoms with Gasteiger partial charge in [-0.3, -0.25) is 0 Å². The van der Waals surface area contributed by atoms with E-state index in [2.05, 4.69) is 36.5 Å². The van der Waals surface area contributed by atoms with Gasteiger partial charge in [0.05, 0.1) is 10.7 Å². The molecular weight excluding hydrogens is 318 g/mol.